The summed E-state index contributed by atoms with van der Waals surface area (Å²) in [5.74, 6) is -0.0182. The molecular formula is C16H20F2N2O4. The number of imide groups is 1. The van der Waals surface area contributed by atoms with Gasteiger partial charge in [-0.3, -0.25) is 9.69 Å². The lowest BCUT2D eigenvalue weighted by molar-refractivity contribution is -0.128. The molecule has 1 unspecified atom stereocenters. The van der Waals surface area contributed by atoms with Crippen LogP contribution in [-0.4, -0.2) is 36.6 Å². The van der Waals surface area contributed by atoms with Gasteiger partial charge in [-0.2, -0.15) is 8.78 Å². The molecule has 0 saturated carbocycles. The average molecular weight is 342 g/mol. The minimum absolute atomic E-state index is 0.0323. The first-order valence-electron chi connectivity index (χ1n) is 7.55. The number of benzene rings is 1. The molecule has 1 fully saturated rings. The maximum absolute atomic E-state index is 12.3. The van der Waals surface area contributed by atoms with Crippen LogP contribution in [0.25, 0.3) is 0 Å². The van der Waals surface area contributed by atoms with Crippen LogP contribution in [-0.2, 0) is 11.3 Å². The smallest absolute Gasteiger partial charge is 0.387 e. The van der Waals surface area contributed by atoms with Crippen molar-refractivity contribution in [3.05, 3.63) is 23.8 Å². The predicted octanol–water partition coefficient (Wildman–Crippen LogP) is 2.76. The van der Waals surface area contributed by atoms with Gasteiger partial charge in [0.1, 0.15) is 6.04 Å². The summed E-state index contributed by atoms with van der Waals surface area (Å²) in [5, 5.41) is 2.65. The molecule has 0 spiro atoms. The molecule has 1 N–H and O–H groups in total. The fourth-order valence-electron chi connectivity index (χ4n) is 2.54. The van der Waals surface area contributed by atoms with Crippen molar-refractivity contribution in [2.75, 3.05) is 7.11 Å². The van der Waals surface area contributed by atoms with Crippen molar-refractivity contribution in [1.29, 1.82) is 0 Å². The molecule has 0 radical (unpaired) electrons. The first-order valence-corrected chi connectivity index (χ1v) is 7.55. The van der Waals surface area contributed by atoms with E-state index in [4.69, 9.17) is 4.74 Å². The normalized spacial score (nSPS) is 17.6. The molecule has 1 aromatic rings. The van der Waals surface area contributed by atoms with Gasteiger partial charge >= 0.3 is 12.6 Å². The Morgan fingerprint density at radius 2 is 1.96 bits per heavy atom. The van der Waals surface area contributed by atoms with Gasteiger partial charge in [-0.1, -0.05) is 19.9 Å². The van der Waals surface area contributed by atoms with Crippen LogP contribution in [0.1, 0.15) is 25.8 Å². The Bertz CT molecular complexity index is 622. The van der Waals surface area contributed by atoms with E-state index in [-0.39, 0.29) is 29.9 Å². The second-order valence-corrected chi connectivity index (χ2v) is 5.92. The summed E-state index contributed by atoms with van der Waals surface area (Å²) in [6.45, 7) is 1.00. The molecule has 1 aromatic carbocycles. The molecule has 0 bridgehead atoms. The average Bonchev–Trinajstić information content (AvgIpc) is 2.75. The summed E-state index contributed by atoms with van der Waals surface area (Å²) < 4.78 is 34.0. The van der Waals surface area contributed by atoms with Gasteiger partial charge in [-0.05, 0) is 30.0 Å². The minimum atomic E-state index is -2.97. The molecule has 0 aliphatic carbocycles. The van der Waals surface area contributed by atoms with Crippen LogP contribution in [0.5, 0.6) is 11.5 Å². The van der Waals surface area contributed by atoms with Gasteiger partial charge in [0.2, 0.25) is 0 Å². The van der Waals surface area contributed by atoms with Crippen LogP contribution in [0.15, 0.2) is 18.2 Å². The molecule has 132 valence electrons. The molecule has 6 nitrogen and oxygen atoms in total. The molecule has 3 amide bonds. The highest BCUT2D eigenvalue weighted by Gasteiger charge is 2.38. The summed E-state index contributed by atoms with van der Waals surface area (Å²) >= 11 is 0. The molecular weight excluding hydrogens is 322 g/mol. The largest absolute Gasteiger partial charge is 0.493 e. The van der Waals surface area contributed by atoms with E-state index in [0.717, 1.165) is 4.90 Å². The van der Waals surface area contributed by atoms with Gasteiger partial charge in [-0.25, -0.2) is 4.79 Å². The zero-order valence-corrected chi connectivity index (χ0v) is 13.7. The van der Waals surface area contributed by atoms with E-state index in [9.17, 15) is 18.4 Å². The standard InChI is InChI=1S/C16H20F2N2O4/c1-9(2)6-11-14(21)20(16(22)19-11)8-10-4-5-12(24-15(17)18)13(7-10)23-3/h4-5,7,9,11,15H,6,8H2,1-3H3,(H,19,22). The number of carbonyl (C=O) groups excluding carboxylic acids is 2. The van der Waals surface area contributed by atoms with Crippen LogP contribution in [0.4, 0.5) is 13.6 Å². The molecule has 0 aromatic heterocycles. The second-order valence-electron chi connectivity index (χ2n) is 5.92. The number of rotatable bonds is 7. The molecule has 1 aliphatic rings. The fourth-order valence-corrected chi connectivity index (χ4v) is 2.54. The van der Waals surface area contributed by atoms with Gasteiger partial charge in [0, 0.05) is 0 Å². The van der Waals surface area contributed by atoms with Crippen molar-refractivity contribution in [3.8, 4) is 11.5 Å². The van der Waals surface area contributed by atoms with E-state index in [0.29, 0.717) is 12.0 Å². The zero-order valence-electron chi connectivity index (χ0n) is 13.7. The van der Waals surface area contributed by atoms with Crippen molar-refractivity contribution >= 4 is 11.9 Å². The lowest BCUT2D eigenvalue weighted by Gasteiger charge is -2.16. The summed E-state index contributed by atoms with van der Waals surface area (Å²) in [6.07, 6.45) is 0.561. The zero-order chi connectivity index (χ0) is 17.9. The van der Waals surface area contributed by atoms with Crippen LogP contribution >= 0.6 is 0 Å². The molecule has 1 saturated heterocycles. The Kier molecular flexibility index (Phi) is 5.58. The highest BCUT2D eigenvalue weighted by molar-refractivity contribution is 6.04. The Labute approximate surface area is 138 Å². The molecule has 8 heteroatoms. The van der Waals surface area contributed by atoms with E-state index in [1.165, 1.54) is 25.3 Å². The Morgan fingerprint density at radius 3 is 2.54 bits per heavy atom. The van der Waals surface area contributed by atoms with Crippen LogP contribution in [0, 0.1) is 5.92 Å². The van der Waals surface area contributed by atoms with Crippen molar-refractivity contribution in [3.63, 3.8) is 0 Å². The minimum Gasteiger partial charge on any atom is -0.493 e. The highest BCUT2D eigenvalue weighted by atomic mass is 19.3. The number of urea groups is 1. The van der Waals surface area contributed by atoms with Crippen molar-refractivity contribution < 1.29 is 27.8 Å². The molecule has 2 rings (SSSR count). The summed E-state index contributed by atoms with van der Waals surface area (Å²) in [6, 6.07) is 3.31. The Hall–Kier alpha value is -2.38. The summed E-state index contributed by atoms with van der Waals surface area (Å²) in [4.78, 5) is 25.4. The third-order valence-corrected chi connectivity index (χ3v) is 3.60. The topological polar surface area (TPSA) is 67.9 Å². The third-order valence-electron chi connectivity index (χ3n) is 3.60. The predicted molar refractivity (Wildman–Crippen MR) is 82.0 cm³/mol. The van der Waals surface area contributed by atoms with Crippen LogP contribution < -0.4 is 14.8 Å². The lowest BCUT2D eigenvalue weighted by atomic mass is 10.0. The van der Waals surface area contributed by atoms with Gasteiger partial charge in [-0.15, -0.1) is 0 Å². The van der Waals surface area contributed by atoms with Crippen molar-refractivity contribution in [2.24, 2.45) is 5.92 Å². The summed E-state index contributed by atoms with van der Waals surface area (Å²) in [5.41, 5.74) is 0.571. The van der Waals surface area contributed by atoms with Gasteiger partial charge in [0.25, 0.3) is 5.91 Å². The highest BCUT2D eigenvalue weighted by Crippen LogP contribution is 2.30. The fraction of sp³-hybridized carbons (Fsp3) is 0.500. The quantitative estimate of drug-likeness (QED) is 0.774. The number of nitrogens with one attached hydrogen (secondary N) is 1. The number of ether oxygens (including phenoxy) is 2. The van der Waals surface area contributed by atoms with E-state index < -0.39 is 18.7 Å². The maximum atomic E-state index is 12.3. The first kappa shape index (κ1) is 18.0. The van der Waals surface area contributed by atoms with Crippen LogP contribution in [0.2, 0.25) is 0 Å². The number of methoxy groups -OCH3 is 1. The lowest BCUT2D eigenvalue weighted by Crippen LogP contribution is -2.31. The molecule has 24 heavy (non-hydrogen) atoms. The van der Waals surface area contributed by atoms with E-state index in [1.54, 1.807) is 0 Å². The first-order chi connectivity index (χ1) is 11.3. The van der Waals surface area contributed by atoms with E-state index >= 15 is 0 Å². The number of halogens is 2. The SMILES string of the molecule is COc1cc(CN2C(=O)NC(CC(C)C)C2=O)ccc1OC(F)F. The molecule has 1 atom stereocenters. The second kappa shape index (κ2) is 7.46. The number of hydrogen-bond acceptors (Lipinski definition) is 4. The number of carbonyl (C=O) groups is 2. The van der Waals surface area contributed by atoms with Crippen molar-refractivity contribution in [2.45, 2.75) is 39.5 Å². The van der Waals surface area contributed by atoms with Gasteiger partial charge in [0.05, 0.1) is 13.7 Å². The van der Waals surface area contributed by atoms with Crippen molar-refractivity contribution in [1.82, 2.24) is 10.2 Å². The number of amides is 3. The molecule has 1 heterocycles. The number of nitrogens with zero attached hydrogens (tertiary/aromatic N) is 1. The third kappa shape index (κ3) is 4.12. The van der Waals surface area contributed by atoms with E-state index in [2.05, 4.69) is 10.1 Å². The maximum Gasteiger partial charge on any atom is 0.387 e. The van der Waals surface area contributed by atoms with Gasteiger partial charge < -0.3 is 14.8 Å². The molecule has 1 aliphatic heterocycles. The Balaban J connectivity index is 2.13. The van der Waals surface area contributed by atoms with Gasteiger partial charge in [0.15, 0.2) is 11.5 Å². The monoisotopic (exact) mass is 342 g/mol. The number of hydrogen-bond donors (Lipinski definition) is 1. The Morgan fingerprint density at radius 1 is 1.25 bits per heavy atom. The van der Waals surface area contributed by atoms with E-state index in [1.807, 2.05) is 13.8 Å². The summed E-state index contributed by atoms with van der Waals surface area (Å²) in [7, 11) is 1.32. The number of alkyl halides is 2. The van der Waals surface area contributed by atoms with Crippen LogP contribution in [0.3, 0.4) is 0 Å².